The summed E-state index contributed by atoms with van der Waals surface area (Å²) >= 11 is 3.20. The third kappa shape index (κ3) is 2.97. The molecule has 0 spiro atoms. The molecule has 0 radical (unpaired) electrons. The van der Waals surface area contributed by atoms with Gasteiger partial charge in [-0.05, 0) is 29.6 Å². The molecule has 0 aliphatic rings. The number of thioether (sulfide) groups is 1. The van der Waals surface area contributed by atoms with Crippen LogP contribution in [0.4, 0.5) is 4.39 Å². The highest BCUT2D eigenvalue weighted by molar-refractivity contribution is 7.98. The van der Waals surface area contributed by atoms with Crippen molar-refractivity contribution in [2.24, 2.45) is 0 Å². The first-order valence-corrected chi connectivity index (χ1v) is 8.67. The maximum absolute atomic E-state index is 13.3. The van der Waals surface area contributed by atoms with E-state index in [9.17, 15) is 4.39 Å². The van der Waals surface area contributed by atoms with Crippen molar-refractivity contribution in [1.82, 2.24) is 15.0 Å². The van der Waals surface area contributed by atoms with Gasteiger partial charge in [-0.2, -0.15) is 0 Å². The second-order valence-corrected chi connectivity index (χ2v) is 6.64. The molecule has 0 N–H and O–H groups in total. The fourth-order valence-corrected chi connectivity index (χ4v) is 3.96. The van der Waals surface area contributed by atoms with Crippen molar-refractivity contribution < 1.29 is 8.81 Å². The van der Waals surface area contributed by atoms with Crippen molar-refractivity contribution in [3.63, 3.8) is 0 Å². The molecule has 1 aromatic carbocycles. The molecule has 0 fully saturated rings. The Morgan fingerprint density at radius 3 is 3.09 bits per heavy atom. The molecule has 114 valence electrons. The van der Waals surface area contributed by atoms with E-state index in [1.54, 1.807) is 47.8 Å². The second-order valence-electron chi connectivity index (χ2n) is 4.76. The molecule has 0 amide bonds. The molecule has 0 atom stereocenters. The predicted molar refractivity (Wildman–Crippen MR) is 88.9 cm³/mol. The lowest BCUT2D eigenvalue weighted by Gasteiger charge is -1.99. The summed E-state index contributed by atoms with van der Waals surface area (Å²) in [5.41, 5.74) is 2.37. The van der Waals surface area contributed by atoms with E-state index >= 15 is 0 Å². The summed E-state index contributed by atoms with van der Waals surface area (Å²) in [6, 6.07) is 8.18. The Labute approximate surface area is 139 Å². The van der Waals surface area contributed by atoms with E-state index in [0.29, 0.717) is 17.2 Å². The maximum atomic E-state index is 13.3. The zero-order valence-corrected chi connectivity index (χ0v) is 13.4. The molecule has 0 saturated heterocycles. The SMILES string of the molecule is Fc1cccc(-c2nc(CSc3ncnc4ccsc34)co2)c1. The van der Waals surface area contributed by atoms with Crippen LogP contribution in [-0.2, 0) is 5.75 Å². The minimum atomic E-state index is -0.308. The molecule has 0 saturated carbocycles. The molecule has 3 aromatic heterocycles. The Hall–Kier alpha value is -2.25. The van der Waals surface area contributed by atoms with E-state index in [0.717, 1.165) is 20.9 Å². The molecule has 4 rings (SSSR count). The van der Waals surface area contributed by atoms with Gasteiger partial charge in [0.1, 0.15) is 23.4 Å². The van der Waals surface area contributed by atoms with E-state index in [1.807, 2.05) is 11.4 Å². The van der Waals surface area contributed by atoms with Gasteiger partial charge in [0.05, 0.1) is 15.9 Å². The van der Waals surface area contributed by atoms with Crippen molar-refractivity contribution in [2.75, 3.05) is 0 Å². The number of thiophene rings is 1. The number of oxazole rings is 1. The fourth-order valence-electron chi connectivity index (χ4n) is 2.14. The van der Waals surface area contributed by atoms with E-state index in [2.05, 4.69) is 15.0 Å². The highest BCUT2D eigenvalue weighted by atomic mass is 32.2. The lowest BCUT2D eigenvalue weighted by atomic mass is 10.2. The minimum Gasteiger partial charge on any atom is -0.444 e. The average molecular weight is 343 g/mol. The van der Waals surface area contributed by atoms with E-state index in [1.165, 1.54) is 12.1 Å². The van der Waals surface area contributed by atoms with Gasteiger partial charge in [-0.3, -0.25) is 0 Å². The summed E-state index contributed by atoms with van der Waals surface area (Å²) in [7, 11) is 0. The summed E-state index contributed by atoms with van der Waals surface area (Å²) in [5, 5.41) is 2.93. The molecule has 4 nitrogen and oxygen atoms in total. The number of fused-ring (bicyclic) bond motifs is 1. The largest absolute Gasteiger partial charge is 0.444 e. The minimum absolute atomic E-state index is 0.308. The van der Waals surface area contributed by atoms with Crippen LogP contribution in [0, 0.1) is 5.82 Å². The van der Waals surface area contributed by atoms with Gasteiger partial charge < -0.3 is 4.42 Å². The molecule has 7 heteroatoms. The van der Waals surface area contributed by atoms with Crippen LogP contribution in [-0.4, -0.2) is 15.0 Å². The van der Waals surface area contributed by atoms with E-state index in [4.69, 9.17) is 4.42 Å². The highest BCUT2D eigenvalue weighted by Crippen LogP contribution is 2.31. The fraction of sp³-hybridized carbons (Fsp3) is 0.0625. The molecule has 23 heavy (non-hydrogen) atoms. The standard InChI is InChI=1S/C16H10FN3OS2/c17-11-3-1-2-10(6-11)15-20-12(7-21-15)8-23-16-14-13(4-5-22-14)18-9-19-16/h1-7,9H,8H2. The number of halogens is 1. The van der Waals surface area contributed by atoms with Crippen LogP contribution in [0.5, 0.6) is 0 Å². The number of hydrogen-bond acceptors (Lipinski definition) is 6. The van der Waals surface area contributed by atoms with Crippen LogP contribution in [0.25, 0.3) is 21.7 Å². The summed E-state index contributed by atoms with van der Waals surface area (Å²) in [4.78, 5) is 13.0. The van der Waals surface area contributed by atoms with Crippen LogP contribution in [0.2, 0.25) is 0 Å². The summed E-state index contributed by atoms with van der Waals surface area (Å²) < 4.78 is 19.8. The normalized spacial score (nSPS) is 11.2. The lowest BCUT2D eigenvalue weighted by Crippen LogP contribution is -1.86. The predicted octanol–water partition coefficient (Wildman–Crippen LogP) is 4.78. The van der Waals surface area contributed by atoms with Crippen LogP contribution >= 0.6 is 23.1 Å². The maximum Gasteiger partial charge on any atom is 0.226 e. The zero-order valence-electron chi connectivity index (χ0n) is 11.8. The van der Waals surface area contributed by atoms with Gasteiger partial charge >= 0.3 is 0 Å². The third-order valence-corrected chi connectivity index (χ3v) is 5.25. The molecule has 0 unspecified atom stereocenters. The Balaban J connectivity index is 1.53. The van der Waals surface area contributed by atoms with Crippen molar-refractivity contribution >= 4 is 33.3 Å². The molecule has 3 heterocycles. The first-order valence-electron chi connectivity index (χ1n) is 6.81. The Kier molecular flexibility index (Phi) is 3.80. The molecular formula is C16H10FN3OS2. The molecule has 0 aliphatic heterocycles. The quantitative estimate of drug-likeness (QED) is 0.394. The number of hydrogen-bond donors (Lipinski definition) is 0. The third-order valence-electron chi connectivity index (χ3n) is 3.19. The van der Waals surface area contributed by atoms with E-state index < -0.39 is 0 Å². The van der Waals surface area contributed by atoms with Crippen molar-refractivity contribution in [1.29, 1.82) is 0 Å². The second kappa shape index (κ2) is 6.10. The topological polar surface area (TPSA) is 51.8 Å². The summed E-state index contributed by atoms with van der Waals surface area (Å²) in [6.45, 7) is 0. The average Bonchev–Trinajstić information content (AvgIpc) is 3.22. The van der Waals surface area contributed by atoms with Crippen LogP contribution in [0.3, 0.4) is 0 Å². The summed E-state index contributed by atoms with van der Waals surface area (Å²) in [6.07, 6.45) is 3.17. The summed E-state index contributed by atoms with van der Waals surface area (Å²) in [5.74, 6) is 0.741. The highest BCUT2D eigenvalue weighted by Gasteiger charge is 2.10. The zero-order chi connectivity index (χ0) is 15.6. The van der Waals surface area contributed by atoms with Gasteiger partial charge in [0.25, 0.3) is 0 Å². The van der Waals surface area contributed by atoms with Crippen molar-refractivity contribution in [2.45, 2.75) is 10.8 Å². The van der Waals surface area contributed by atoms with Crippen LogP contribution in [0.1, 0.15) is 5.69 Å². The number of benzene rings is 1. The number of nitrogens with zero attached hydrogens (tertiary/aromatic N) is 3. The van der Waals surface area contributed by atoms with Gasteiger partial charge in [-0.15, -0.1) is 11.3 Å². The van der Waals surface area contributed by atoms with Gasteiger partial charge in [-0.25, -0.2) is 19.3 Å². The Morgan fingerprint density at radius 2 is 2.17 bits per heavy atom. The number of rotatable bonds is 4. The van der Waals surface area contributed by atoms with Crippen molar-refractivity contribution in [3.8, 4) is 11.5 Å². The van der Waals surface area contributed by atoms with Crippen LogP contribution in [0.15, 0.2) is 57.7 Å². The van der Waals surface area contributed by atoms with Crippen LogP contribution < -0.4 is 0 Å². The molecule has 0 aliphatic carbocycles. The van der Waals surface area contributed by atoms with Gasteiger partial charge in [0.2, 0.25) is 5.89 Å². The van der Waals surface area contributed by atoms with Crippen molar-refractivity contribution in [3.05, 3.63) is 59.8 Å². The first kappa shape index (κ1) is 14.3. The van der Waals surface area contributed by atoms with Gasteiger partial charge in [-0.1, -0.05) is 17.8 Å². The number of aromatic nitrogens is 3. The lowest BCUT2D eigenvalue weighted by molar-refractivity contribution is 0.571. The monoisotopic (exact) mass is 343 g/mol. The molecular weight excluding hydrogens is 333 g/mol. The smallest absolute Gasteiger partial charge is 0.226 e. The van der Waals surface area contributed by atoms with Gasteiger partial charge in [0, 0.05) is 11.3 Å². The molecule has 4 aromatic rings. The Bertz CT molecular complexity index is 967. The first-order chi connectivity index (χ1) is 11.3. The molecule has 0 bridgehead atoms. The Morgan fingerprint density at radius 1 is 1.22 bits per heavy atom. The van der Waals surface area contributed by atoms with E-state index in [-0.39, 0.29) is 5.82 Å². The van der Waals surface area contributed by atoms with Gasteiger partial charge in [0.15, 0.2) is 0 Å².